The molecular weight excluding hydrogens is 203 g/mol. The Bertz CT molecular complexity index is 313. The van der Waals surface area contributed by atoms with E-state index in [1.165, 1.54) is 0 Å². The average Bonchev–Trinajstić information content (AvgIpc) is 2.03. The Balaban J connectivity index is 3.20. The van der Waals surface area contributed by atoms with E-state index in [0.717, 1.165) is 5.56 Å². The average molecular weight is 215 g/mol. The van der Waals surface area contributed by atoms with E-state index in [9.17, 15) is 4.79 Å². The lowest BCUT2D eigenvalue weighted by Crippen LogP contribution is -2.12. The van der Waals surface area contributed by atoms with Crippen LogP contribution in [0.2, 0.25) is 5.02 Å². The van der Waals surface area contributed by atoms with Crippen LogP contribution in [0.25, 0.3) is 0 Å². The normalized spacial score (nSPS) is 12.6. The van der Waals surface area contributed by atoms with Crippen LogP contribution in [0, 0.1) is 6.92 Å². The van der Waals surface area contributed by atoms with Crippen molar-refractivity contribution < 1.29 is 4.79 Å². The van der Waals surface area contributed by atoms with E-state index in [0.29, 0.717) is 10.6 Å². The molecule has 0 N–H and O–H groups in total. The SMILES string of the molecule is Cc1cccc(Cl)c1C(=O)C(C)P. The first-order valence-corrected chi connectivity index (χ1v) is 5.13. The number of halogens is 1. The standard InChI is InChI=1S/C10H12ClOP/c1-6-4-3-5-8(11)9(6)10(12)7(2)13/h3-5,7H,13H2,1-2H3. The Morgan fingerprint density at radius 1 is 1.54 bits per heavy atom. The number of aryl methyl sites for hydroxylation is 1. The van der Waals surface area contributed by atoms with Gasteiger partial charge in [0.15, 0.2) is 5.78 Å². The predicted octanol–water partition coefficient (Wildman–Crippen LogP) is 3.09. The van der Waals surface area contributed by atoms with Crippen LogP contribution >= 0.6 is 20.8 Å². The monoisotopic (exact) mass is 214 g/mol. The minimum Gasteiger partial charge on any atom is -0.293 e. The van der Waals surface area contributed by atoms with Crippen LogP contribution in [-0.4, -0.2) is 11.4 Å². The molecule has 0 aliphatic heterocycles. The van der Waals surface area contributed by atoms with Gasteiger partial charge >= 0.3 is 0 Å². The third kappa shape index (κ3) is 2.30. The van der Waals surface area contributed by atoms with Crippen molar-refractivity contribution in [2.45, 2.75) is 19.5 Å². The molecule has 0 bridgehead atoms. The number of hydrogen-bond donors (Lipinski definition) is 0. The molecule has 3 heteroatoms. The molecule has 1 aromatic rings. The number of ketones is 1. The van der Waals surface area contributed by atoms with Crippen LogP contribution in [0.3, 0.4) is 0 Å². The number of Topliss-reactive ketones (excluding diaryl/α,β-unsaturated/α-hetero) is 1. The van der Waals surface area contributed by atoms with E-state index >= 15 is 0 Å². The van der Waals surface area contributed by atoms with Crippen LogP contribution in [0.15, 0.2) is 18.2 Å². The fourth-order valence-electron chi connectivity index (χ4n) is 1.17. The fourth-order valence-corrected chi connectivity index (χ4v) is 1.65. The third-order valence-corrected chi connectivity index (χ3v) is 2.50. The number of carbonyl (C=O) groups is 1. The topological polar surface area (TPSA) is 17.1 Å². The second-order valence-electron chi connectivity index (χ2n) is 3.08. The summed E-state index contributed by atoms with van der Waals surface area (Å²) in [6.07, 6.45) is 0. The highest BCUT2D eigenvalue weighted by molar-refractivity contribution is 7.19. The van der Waals surface area contributed by atoms with Crippen LogP contribution in [0.5, 0.6) is 0 Å². The minimum absolute atomic E-state index is 0.0769. The van der Waals surface area contributed by atoms with E-state index in [4.69, 9.17) is 11.6 Å². The quantitative estimate of drug-likeness (QED) is 0.546. The molecule has 2 atom stereocenters. The van der Waals surface area contributed by atoms with Gasteiger partial charge in [0, 0.05) is 11.2 Å². The van der Waals surface area contributed by atoms with Crippen molar-refractivity contribution >= 4 is 26.6 Å². The molecule has 1 rings (SSSR count). The van der Waals surface area contributed by atoms with Gasteiger partial charge in [0.1, 0.15) is 0 Å². The summed E-state index contributed by atoms with van der Waals surface area (Å²) in [4.78, 5) is 11.7. The van der Waals surface area contributed by atoms with Crippen molar-refractivity contribution in [1.82, 2.24) is 0 Å². The highest BCUT2D eigenvalue weighted by Gasteiger charge is 2.15. The largest absolute Gasteiger partial charge is 0.293 e. The Labute approximate surface area is 85.7 Å². The van der Waals surface area contributed by atoms with Crippen LogP contribution in [0.1, 0.15) is 22.8 Å². The van der Waals surface area contributed by atoms with Gasteiger partial charge in [-0.1, -0.05) is 30.7 Å². The molecule has 0 spiro atoms. The van der Waals surface area contributed by atoms with Crippen LogP contribution < -0.4 is 0 Å². The van der Waals surface area contributed by atoms with Crippen molar-refractivity contribution in [2.75, 3.05) is 0 Å². The fraction of sp³-hybridized carbons (Fsp3) is 0.300. The van der Waals surface area contributed by atoms with E-state index in [1.807, 2.05) is 26.0 Å². The van der Waals surface area contributed by atoms with E-state index in [2.05, 4.69) is 9.24 Å². The first-order chi connectivity index (χ1) is 6.04. The second-order valence-corrected chi connectivity index (χ2v) is 4.49. The summed E-state index contributed by atoms with van der Waals surface area (Å²) >= 11 is 5.94. The molecular formula is C10H12ClOP. The summed E-state index contributed by atoms with van der Waals surface area (Å²) in [6.45, 7) is 3.74. The molecule has 0 aromatic heterocycles. The van der Waals surface area contributed by atoms with Crippen molar-refractivity contribution in [3.63, 3.8) is 0 Å². The maximum atomic E-state index is 11.7. The molecule has 13 heavy (non-hydrogen) atoms. The smallest absolute Gasteiger partial charge is 0.171 e. The highest BCUT2D eigenvalue weighted by atomic mass is 35.5. The zero-order valence-corrected chi connectivity index (χ0v) is 9.58. The van der Waals surface area contributed by atoms with Gasteiger partial charge in [-0.05, 0) is 18.6 Å². The van der Waals surface area contributed by atoms with Gasteiger partial charge < -0.3 is 0 Å². The van der Waals surface area contributed by atoms with Crippen LogP contribution in [-0.2, 0) is 0 Å². The Morgan fingerprint density at radius 3 is 2.62 bits per heavy atom. The van der Waals surface area contributed by atoms with Gasteiger partial charge in [0.05, 0.1) is 5.02 Å². The molecule has 1 nitrogen and oxygen atoms in total. The highest BCUT2D eigenvalue weighted by Crippen LogP contribution is 2.22. The first kappa shape index (κ1) is 10.7. The molecule has 2 unspecified atom stereocenters. The lowest BCUT2D eigenvalue weighted by atomic mass is 10.0. The molecule has 0 heterocycles. The third-order valence-electron chi connectivity index (χ3n) is 1.88. The Morgan fingerprint density at radius 2 is 2.15 bits per heavy atom. The van der Waals surface area contributed by atoms with Gasteiger partial charge in [0.2, 0.25) is 0 Å². The van der Waals surface area contributed by atoms with Gasteiger partial charge in [-0.3, -0.25) is 4.79 Å². The lowest BCUT2D eigenvalue weighted by molar-refractivity contribution is 0.0993. The Hall–Kier alpha value is -0.390. The maximum Gasteiger partial charge on any atom is 0.171 e. The van der Waals surface area contributed by atoms with Crippen LogP contribution in [0.4, 0.5) is 0 Å². The molecule has 70 valence electrons. The van der Waals surface area contributed by atoms with Crippen molar-refractivity contribution in [3.8, 4) is 0 Å². The summed E-state index contributed by atoms with van der Waals surface area (Å²) in [6, 6.07) is 5.49. The molecule has 1 aromatic carbocycles. The summed E-state index contributed by atoms with van der Waals surface area (Å²) in [5.74, 6) is 0.0769. The van der Waals surface area contributed by atoms with Crippen molar-refractivity contribution in [3.05, 3.63) is 34.3 Å². The zero-order chi connectivity index (χ0) is 10.0. The molecule has 0 aliphatic carbocycles. The first-order valence-electron chi connectivity index (χ1n) is 4.09. The summed E-state index contributed by atoms with van der Waals surface area (Å²) < 4.78 is 0. The number of hydrogen-bond acceptors (Lipinski definition) is 1. The summed E-state index contributed by atoms with van der Waals surface area (Å²) in [7, 11) is 2.48. The molecule has 0 saturated heterocycles. The number of benzene rings is 1. The van der Waals surface area contributed by atoms with E-state index in [1.54, 1.807) is 6.07 Å². The van der Waals surface area contributed by atoms with Gasteiger partial charge in [-0.2, -0.15) is 0 Å². The molecule has 0 amide bonds. The van der Waals surface area contributed by atoms with Crippen molar-refractivity contribution in [2.24, 2.45) is 0 Å². The minimum atomic E-state index is -0.0846. The zero-order valence-electron chi connectivity index (χ0n) is 7.67. The van der Waals surface area contributed by atoms with Crippen molar-refractivity contribution in [1.29, 1.82) is 0 Å². The van der Waals surface area contributed by atoms with E-state index in [-0.39, 0.29) is 11.4 Å². The Kier molecular flexibility index (Phi) is 3.47. The number of rotatable bonds is 2. The summed E-state index contributed by atoms with van der Waals surface area (Å²) in [5, 5.41) is 0.541. The summed E-state index contributed by atoms with van der Waals surface area (Å²) in [5.41, 5.74) is 1.50. The number of carbonyl (C=O) groups excluding carboxylic acids is 1. The molecule has 0 saturated carbocycles. The maximum absolute atomic E-state index is 11.7. The molecule has 0 fully saturated rings. The van der Waals surface area contributed by atoms with Gasteiger partial charge in [-0.25, -0.2) is 0 Å². The lowest BCUT2D eigenvalue weighted by Gasteiger charge is -2.08. The predicted molar refractivity (Wildman–Crippen MR) is 59.7 cm³/mol. The van der Waals surface area contributed by atoms with Gasteiger partial charge in [-0.15, -0.1) is 9.24 Å². The van der Waals surface area contributed by atoms with Gasteiger partial charge in [0.25, 0.3) is 0 Å². The second kappa shape index (κ2) is 4.21. The van der Waals surface area contributed by atoms with E-state index < -0.39 is 0 Å². The molecule has 0 aliphatic rings. The molecule has 0 radical (unpaired) electrons.